The molecular formula is C31H52N6O6. The van der Waals surface area contributed by atoms with Gasteiger partial charge in [-0.1, -0.05) is 68.7 Å². The second-order valence-electron chi connectivity index (χ2n) is 15.2. The zero-order chi connectivity index (χ0) is 32.7. The van der Waals surface area contributed by atoms with Crippen molar-refractivity contribution in [2.45, 2.75) is 112 Å². The summed E-state index contributed by atoms with van der Waals surface area (Å²) in [6.07, 6.45) is 2.09. The number of amides is 6. The van der Waals surface area contributed by atoms with Gasteiger partial charge in [0.05, 0.1) is 12.1 Å². The Morgan fingerprint density at radius 1 is 1.00 bits per heavy atom. The first-order valence-electron chi connectivity index (χ1n) is 15.5. The smallest absolute Gasteiger partial charge is 0.315 e. The van der Waals surface area contributed by atoms with Crippen molar-refractivity contribution in [3.05, 3.63) is 0 Å². The van der Waals surface area contributed by atoms with Crippen LogP contribution in [0.4, 0.5) is 4.79 Å². The van der Waals surface area contributed by atoms with Gasteiger partial charge in [-0.3, -0.25) is 24.0 Å². The summed E-state index contributed by atoms with van der Waals surface area (Å²) in [6.45, 7) is 18.8. The minimum Gasteiger partial charge on any atom is -0.363 e. The van der Waals surface area contributed by atoms with Crippen LogP contribution >= 0.6 is 0 Å². The van der Waals surface area contributed by atoms with Crippen LogP contribution in [0.1, 0.15) is 88.0 Å². The second kappa shape index (κ2) is 12.4. The molecule has 0 aromatic carbocycles. The van der Waals surface area contributed by atoms with E-state index in [9.17, 15) is 28.8 Å². The van der Waals surface area contributed by atoms with E-state index < -0.39 is 47.2 Å². The van der Waals surface area contributed by atoms with Crippen molar-refractivity contribution in [2.75, 3.05) is 19.6 Å². The van der Waals surface area contributed by atoms with E-state index in [4.69, 9.17) is 5.73 Å². The molecule has 6 atom stereocenters. The van der Waals surface area contributed by atoms with E-state index in [1.165, 1.54) is 4.90 Å². The van der Waals surface area contributed by atoms with E-state index in [-0.39, 0.29) is 46.9 Å². The molecular weight excluding hydrogens is 552 g/mol. The van der Waals surface area contributed by atoms with E-state index in [0.29, 0.717) is 32.5 Å². The van der Waals surface area contributed by atoms with Crippen LogP contribution in [0, 0.1) is 28.1 Å². The van der Waals surface area contributed by atoms with Crippen molar-refractivity contribution in [1.82, 2.24) is 25.8 Å². The fourth-order valence-electron chi connectivity index (χ4n) is 6.60. The fourth-order valence-corrected chi connectivity index (χ4v) is 6.60. The summed E-state index contributed by atoms with van der Waals surface area (Å²) in [6, 6.07) is -3.77. The Kier molecular flexibility index (Phi) is 9.92. The van der Waals surface area contributed by atoms with Gasteiger partial charge in [-0.15, -0.1) is 0 Å². The van der Waals surface area contributed by atoms with Gasteiger partial charge in [0.15, 0.2) is 0 Å². The maximum atomic E-state index is 14.2. The third kappa shape index (κ3) is 7.49. The van der Waals surface area contributed by atoms with Crippen LogP contribution in [0.3, 0.4) is 0 Å². The van der Waals surface area contributed by atoms with Gasteiger partial charge in [-0.25, -0.2) is 4.79 Å². The summed E-state index contributed by atoms with van der Waals surface area (Å²) < 4.78 is 0. The average Bonchev–Trinajstić information content (AvgIpc) is 3.23. The molecule has 1 saturated carbocycles. The Labute approximate surface area is 255 Å². The summed E-state index contributed by atoms with van der Waals surface area (Å²) in [5.41, 5.74) is 3.99. The maximum Gasteiger partial charge on any atom is 0.315 e. The molecule has 2 heterocycles. The Morgan fingerprint density at radius 2 is 1.63 bits per heavy atom. The molecule has 43 heavy (non-hydrogen) atoms. The summed E-state index contributed by atoms with van der Waals surface area (Å²) in [7, 11) is 0. The van der Waals surface area contributed by atoms with Gasteiger partial charge in [0.1, 0.15) is 12.1 Å². The highest BCUT2D eigenvalue weighted by Crippen LogP contribution is 2.65. The number of carbonyl (C=O) groups excluding carboxylic acids is 6. The van der Waals surface area contributed by atoms with Crippen LogP contribution in [0.15, 0.2) is 0 Å². The number of carbonyl (C=O) groups is 6. The number of rotatable bonds is 11. The minimum atomic E-state index is -1.12. The molecule has 0 radical (unpaired) electrons. The molecule has 1 unspecified atom stereocenters. The van der Waals surface area contributed by atoms with Gasteiger partial charge in [-0.2, -0.15) is 0 Å². The zero-order valence-electron chi connectivity index (χ0n) is 27.3. The highest BCUT2D eigenvalue weighted by atomic mass is 16.2. The Hall–Kier alpha value is -3.18. The van der Waals surface area contributed by atoms with Gasteiger partial charge in [0, 0.05) is 26.1 Å². The number of Topliss-reactive ketones (excluding diaryl/α,β-unsaturated/α-hetero) is 1. The largest absolute Gasteiger partial charge is 0.363 e. The summed E-state index contributed by atoms with van der Waals surface area (Å²) in [5, 5.41) is 8.59. The third-order valence-electron chi connectivity index (χ3n) is 9.53. The lowest BCUT2D eigenvalue weighted by molar-refractivity contribution is -0.145. The van der Waals surface area contributed by atoms with Crippen LogP contribution in [0.25, 0.3) is 0 Å². The molecule has 0 spiro atoms. The molecule has 2 aliphatic heterocycles. The van der Waals surface area contributed by atoms with Crippen molar-refractivity contribution in [3.63, 3.8) is 0 Å². The predicted octanol–water partition coefficient (Wildman–Crippen LogP) is 1.56. The lowest BCUT2D eigenvalue weighted by Crippen LogP contribution is -2.62. The molecule has 6 amide bonds. The summed E-state index contributed by atoms with van der Waals surface area (Å²) >= 11 is 0. The first-order chi connectivity index (χ1) is 19.7. The van der Waals surface area contributed by atoms with Gasteiger partial charge in [-0.05, 0) is 40.9 Å². The number of urea groups is 1. The molecule has 12 heteroatoms. The van der Waals surface area contributed by atoms with E-state index >= 15 is 0 Å². The zero-order valence-corrected chi connectivity index (χ0v) is 27.3. The number of likely N-dealkylation sites (tertiary alicyclic amines) is 2. The Morgan fingerprint density at radius 3 is 2.12 bits per heavy atom. The molecule has 3 rings (SSSR count). The van der Waals surface area contributed by atoms with Crippen LogP contribution in [0.2, 0.25) is 0 Å². The highest BCUT2D eigenvalue weighted by Gasteiger charge is 2.70. The number of nitrogens with zero attached hydrogens (tertiary/aromatic N) is 2. The maximum absolute atomic E-state index is 14.2. The number of nitrogens with two attached hydrogens (primary N) is 1. The number of hydrogen-bond donors (Lipinski definition) is 4. The van der Waals surface area contributed by atoms with Crippen LogP contribution in [-0.4, -0.2) is 89.0 Å². The third-order valence-corrected chi connectivity index (χ3v) is 9.53. The standard InChI is InChI=1S/C31H52N6O6/c1-10-12-18(23(39)25(32)40)33-26(41)22-21-17(31(21,8)9)15-37(22)27(42)24(30(5,6)7)35-28(43)34-19(29(2,3)4)16-36-14-11-13-20(36)38/h17-19,21-22,24H,10-16H2,1-9H3,(H2,32,40)(H,33,41)(H2,34,35,43)/t17-,18?,19+,21-,22-,24+/m0/s1. The van der Waals surface area contributed by atoms with E-state index in [0.717, 1.165) is 6.42 Å². The van der Waals surface area contributed by atoms with E-state index in [1.807, 2.05) is 62.3 Å². The second-order valence-corrected chi connectivity index (χ2v) is 15.2. The molecule has 242 valence electrons. The molecule has 2 saturated heterocycles. The van der Waals surface area contributed by atoms with Crippen LogP contribution < -0.4 is 21.7 Å². The fraction of sp³-hybridized carbons (Fsp3) is 0.806. The minimum absolute atomic E-state index is 0.0674. The van der Waals surface area contributed by atoms with Crippen molar-refractivity contribution in [1.29, 1.82) is 0 Å². The Bertz CT molecular complexity index is 1140. The SMILES string of the molecule is CCCC(NC(=O)[C@@H]1[C@@H]2[C@H](CN1C(=O)[C@@H](NC(=O)N[C@H](CN1CCCC1=O)C(C)(C)C)C(C)(C)C)C2(C)C)C(=O)C(N)=O. The average molecular weight is 605 g/mol. The number of primary amides is 1. The Balaban J connectivity index is 1.81. The summed E-state index contributed by atoms with van der Waals surface area (Å²) in [5.74, 6) is -2.85. The molecule has 5 N–H and O–H groups in total. The normalized spacial score (nSPS) is 25.0. The molecule has 3 aliphatic rings. The first-order valence-corrected chi connectivity index (χ1v) is 15.5. The molecule has 12 nitrogen and oxygen atoms in total. The predicted molar refractivity (Wildman–Crippen MR) is 161 cm³/mol. The first kappa shape index (κ1) is 34.3. The molecule has 0 aromatic heterocycles. The number of ketones is 1. The number of hydrogen-bond acceptors (Lipinski definition) is 6. The lowest BCUT2D eigenvalue weighted by Gasteiger charge is -2.39. The van der Waals surface area contributed by atoms with Crippen molar-refractivity contribution in [3.8, 4) is 0 Å². The van der Waals surface area contributed by atoms with Gasteiger partial charge >= 0.3 is 6.03 Å². The number of fused-ring (bicyclic) bond motifs is 1. The number of piperidine rings is 1. The number of nitrogens with one attached hydrogen (secondary N) is 3. The quantitative estimate of drug-likeness (QED) is 0.261. The van der Waals surface area contributed by atoms with Crippen LogP contribution in [-0.2, 0) is 24.0 Å². The monoisotopic (exact) mass is 604 g/mol. The van der Waals surface area contributed by atoms with Gasteiger partial charge < -0.3 is 31.5 Å². The van der Waals surface area contributed by atoms with Crippen molar-refractivity contribution >= 4 is 35.4 Å². The van der Waals surface area contributed by atoms with Crippen molar-refractivity contribution < 1.29 is 28.8 Å². The van der Waals surface area contributed by atoms with Gasteiger partial charge in [0.25, 0.3) is 5.91 Å². The summed E-state index contributed by atoms with van der Waals surface area (Å²) in [4.78, 5) is 80.9. The van der Waals surface area contributed by atoms with Crippen molar-refractivity contribution in [2.24, 2.45) is 33.8 Å². The van der Waals surface area contributed by atoms with E-state index in [1.54, 1.807) is 4.90 Å². The lowest BCUT2D eigenvalue weighted by atomic mass is 9.85. The molecule has 0 aromatic rings. The van der Waals surface area contributed by atoms with E-state index in [2.05, 4.69) is 16.0 Å². The van der Waals surface area contributed by atoms with Crippen LogP contribution in [0.5, 0.6) is 0 Å². The molecule has 3 fully saturated rings. The molecule has 0 bridgehead atoms. The van der Waals surface area contributed by atoms with Gasteiger partial charge in [0.2, 0.25) is 23.5 Å². The molecule has 1 aliphatic carbocycles. The topological polar surface area (TPSA) is 171 Å². The highest BCUT2D eigenvalue weighted by molar-refractivity contribution is 6.37.